The van der Waals surface area contributed by atoms with E-state index in [4.69, 9.17) is 4.74 Å². The predicted octanol–water partition coefficient (Wildman–Crippen LogP) is 2.36. The molecule has 21 heavy (non-hydrogen) atoms. The quantitative estimate of drug-likeness (QED) is 0.818. The van der Waals surface area contributed by atoms with Gasteiger partial charge in [0.05, 0.1) is 24.8 Å². The molecule has 0 saturated carbocycles. The minimum absolute atomic E-state index is 0.106. The van der Waals surface area contributed by atoms with E-state index >= 15 is 0 Å². The minimum Gasteiger partial charge on any atom is -0.493 e. The number of ether oxygens (including phenoxy) is 1. The van der Waals surface area contributed by atoms with Crippen LogP contribution in [0.1, 0.15) is 37.0 Å². The van der Waals surface area contributed by atoms with Crippen LogP contribution in [0.2, 0.25) is 0 Å². The summed E-state index contributed by atoms with van der Waals surface area (Å²) in [4.78, 5) is 14.6. The maximum atomic E-state index is 12.5. The van der Waals surface area contributed by atoms with Crippen LogP contribution in [0.3, 0.4) is 0 Å². The Labute approximate surface area is 126 Å². The zero-order valence-corrected chi connectivity index (χ0v) is 12.9. The summed E-state index contributed by atoms with van der Waals surface area (Å²) in [7, 11) is 0. The molecule has 1 saturated heterocycles. The highest BCUT2D eigenvalue weighted by molar-refractivity contribution is 6.00. The molecule has 2 rings (SSSR count). The van der Waals surface area contributed by atoms with Gasteiger partial charge >= 0.3 is 0 Å². The summed E-state index contributed by atoms with van der Waals surface area (Å²) in [5, 5.41) is 9.62. The van der Waals surface area contributed by atoms with Crippen LogP contribution in [0.15, 0.2) is 24.3 Å². The standard InChI is InChI=1S/C17H25NO3/c1-3-21-17-7-5-4-6-15(17)16(20)12-18-10-8-14(9-11-18)13(2)19/h4-7,13-14,19H,3,8-12H2,1-2H3. The predicted molar refractivity (Wildman–Crippen MR) is 82.8 cm³/mol. The number of ketones is 1. The van der Waals surface area contributed by atoms with E-state index in [0.717, 1.165) is 25.9 Å². The molecule has 1 aromatic carbocycles. The van der Waals surface area contributed by atoms with Crippen molar-refractivity contribution < 1.29 is 14.6 Å². The van der Waals surface area contributed by atoms with Gasteiger partial charge in [-0.15, -0.1) is 0 Å². The van der Waals surface area contributed by atoms with E-state index < -0.39 is 0 Å². The highest BCUT2D eigenvalue weighted by atomic mass is 16.5. The summed E-state index contributed by atoms with van der Waals surface area (Å²) in [5.74, 6) is 1.14. The van der Waals surface area contributed by atoms with E-state index in [9.17, 15) is 9.90 Å². The first-order valence-electron chi connectivity index (χ1n) is 7.77. The zero-order chi connectivity index (χ0) is 15.2. The highest BCUT2D eigenvalue weighted by Crippen LogP contribution is 2.22. The Kier molecular flexibility index (Phi) is 5.76. The second-order valence-electron chi connectivity index (χ2n) is 5.71. The SMILES string of the molecule is CCOc1ccccc1C(=O)CN1CCC(C(C)O)CC1. The zero-order valence-electron chi connectivity index (χ0n) is 12.9. The molecule has 0 aromatic heterocycles. The van der Waals surface area contributed by atoms with Crippen molar-refractivity contribution in [3.8, 4) is 5.75 Å². The Morgan fingerprint density at radius 2 is 2.05 bits per heavy atom. The van der Waals surface area contributed by atoms with E-state index in [1.54, 1.807) is 0 Å². The first kappa shape index (κ1) is 16.0. The number of hydrogen-bond acceptors (Lipinski definition) is 4. The van der Waals surface area contributed by atoms with Crippen molar-refractivity contribution in [1.29, 1.82) is 0 Å². The largest absolute Gasteiger partial charge is 0.493 e. The fourth-order valence-electron chi connectivity index (χ4n) is 2.86. The number of likely N-dealkylation sites (tertiary alicyclic amines) is 1. The molecular weight excluding hydrogens is 266 g/mol. The Bertz CT molecular complexity index is 465. The molecule has 0 bridgehead atoms. The van der Waals surface area contributed by atoms with E-state index in [1.165, 1.54) is 0 Å². The van der Waals surface area contributed by atoms with Crippen LogP contribution >= 0.6 is 0 Å². The number of Topliss-reactive ketones (excluding diaryl/α,β-unsaturated/α-hetero) is 1. The number of hydrogen-bond donors (Lipinski definition) is 1. The third-order valence-electron chi connectivity index (χ3n) is 4.17. The van der Waals surface area contributed by atoms with E-state index in [1.807, 2.05) is 38.1 Å². The number of aliphatic hydroxyl groups is 1. The van der Waals surface area contributed by atoms with Gasteiger partial charge in [-0.05, 0) is 57.8 Å². The molecular formula is C17H25NO3. The Morgan fingerprint density at radius 3 is 2.67 bits per heavy atom. The molecule has 116 valence electrons. The van der Waals surface area contributed by atoms with Crippen LogP contribution in [0.4, 0.5) is 0 Å². The molecule has 1 fully saturated rings. The molecule has 1 aliphatic rings. The van der Waals surface area contributed by atoms with Crippen LogP contribution in [-0.2, 0) is 0 Å². The number of benzene rings is 1. The normalized spacial score (nSPS) is 18.4. The molecule has 0 radical (unpaired) electrons. The summed E-state index contributed by atoms with van der Waals surface area (Å²) in [5.41, 5.74) is 0.664. The van der Waals surface area contributed by atoms with Crippen LogP contribution in [-0.4, -0.2) is 48.1 Å². The number of piperidine rings is 1. The average Bonchev–Trinajstić information content (AvgIpc) is 2.48. The van der Waals surface area contributed by atoms with Gasteiger partial charge in [-0.1, -0.05) is 12.1 Å². The topological polar surface area (TPSA) is 49.8 Å². The van der Waals surface area contributed by atoms with E-state index in [0.29, 0.717) is 30.4 Å². The third kappa shape index (κ3) is 4.29. The van der Waals surface area contributed by atoms with Crippen LogP contribution in [0.5, 0.6) is 5.75 Å². The minimum atomic E-state index is -0.249. The number of aliphatic hydroxyl groups excluding tert-OH is 1. The van der Waals surface area contributed by atoms with E-state index in [2.05, 4.69) is 4.90 Å². The van der Waals surface area contributed by atoms with E-state index in [-0.39, 0.29) is 11.9 Å². The van der Waals surface area contributed by atoms with Crippen molar-refractivity contribution in [3.63, 3.8) is 0 Å². The lowest BCUT2D eigenvalue weighted by Gasteiger charge is -2.32. The van der Waals surface area contributed by atoms with Gasteiger partial charge in [0.2, 0.25) is 0 Å². The maximum absolute atomic E-state index is 12.5. The Hall–Kier alpha value is -1.39. The van der Waals surface area contributed by atoms with Gasteiger partial charge < -0.3 is 9.84 Å². The summed E-state index contributed by atoms with van der Waals surface area (Å²) < 4.78 is 5.52. The van der Waals surface area contributed by atoms with Gasteiger partial charge in [0, 0.05) is 0 Å². The molecule has 0 aliphatic carbocycles. The second-order valence-corrected chi connectivity index (χ2v) is 5.71. The van der Waals surface area contributed by atoms with Gasteiger partial charge in [-0.3, -0.25) is 9.69 Å². The Morgan fingerprint density at radius 1 is 1.38 bits per heavy atom. The molecule has 4 nitrogen and oxygen atoms in total. The van der Waals surface area contributed by atoms with Gasteiger partial charge in [0.25, 0.3) is 0 Å². The number of para-hydroxylation sites is 1. The van der Waals surface area contributed by atoms with Crippen molar-refractivity contribution in [1.82, 2.24) is 4.90 Å². The summed E-state index contributed by atoms with van der Waals surface area (Å²) in [6, 6.07) is 7.43. The lowest BCUT2D eigenvalue weighted by atomic mass is 9.92. The van der Waals surface area contributed by atoms with Crippen molar-refractivity contribution >= 4 is 5.78 Å². The fourth-order valence-corrected chi connectivity index (χ4v) is 2.86. The summed E-state index contributed by atoms with van der Waals surface area (Å²) in [6.45, 7) is 6.50. The lowest BCUT2D eigenvalue weighted by molar-refractivity contribution is 0.0663. The first-order valence-corrected chi connectivity index (χ1v) is 7.77. The summed E-state index contributed by atoms with van der Waals surface area (Å²) in [6.07, 6.45) is 1.66. The second kappa shape index (κ2) is 7.57. The molecule has 1 aromatic rings. The molecule has 4 heteroatoms. The molecule has 1 aliphatic heterocycles. The highest BCUT2D eigenvalue weighted by Gasteiger charge is 2.24. The maximum Gasteiger partial charge on any atom is 0.180 e. The lowest BCUT2D eigenvalue weighted by Crippen LogP contribution is -2.39. The monoisotopic (exact) mass is 291 g/mol. The van der Waals surface area contributed by atoms with Gasteiger partial charge in [-0.25, -0.2) is 0 Å². The third-order valence-corrected chi connectivity index (χ3v) is 4.17. The van der Waals surface area contributed by atoms with Crippen LogP contribution in [0, 0.1) is 5.92 Å². The van der Waals surface area contributed by atoms with Crippen molar-refractivity contribution in [2.75, 3.05) is 26.2 Å². The number of nitrogens with zero attached hydrogens (tertiary/aromatic N) is 1. The molecule has 0 spiro atoms. The molecule has 1 N–H and O–H groups in total. The van der Waals surface area contributed by atoms with Crippen LogP contribution in [0.25, 0.3) is 0 Å². The number of rotatable bonds is 6. The number of carbonyl (C=O) groups excluding carboxylic acids is 1. The van der Waals surface area contributed by atoms with Crippen molar-refractivity contribution in [2.45, 2.75) is 32.8 Å². The van der Waals surface area contributed by atoms with Gasteiger partial charge in [-0.2, -0.15) is 0 Å². The van der Waals surface area contributed by atoms with Gasteiger partial charge in [0.15, 0.2) is 5.78 Å². The Balaban J connectivity index is 1.93. The molecule has 1 heterocycles. The van der Waals surface area contributed by atoms with Crippen LogP contribution < -0.4 is 4.74 Å². The molecule has 1 atom stereocenters. The average molecular weight is 291 g/mol. The molecule has 0 amide bonds. The first-order chi connectivity index (χ1) is 10.1. The molecule has 1 unspecified atom stereocenters. The number of carbonyl (C=O) groups is 1. The summed E-state index contributed by atoms with van der Waals surface area (Å²) >= 11 is 0. The van der Waals surface area contributed by atoms with Crippen molar-refractivity contribution in [3.05, 3.63) is 29.8 Å². The van der Waals surface area contributed by atoms with Crippen molar-refractivity contribution in [2.24, 2.45) is 5.92 Å². The smallest absolute Gasteiger partial charge is 0.180 e. The fraction of sp³-hybridized carbons (Fsp3) is 0.588. The van der Waals surface area contributed by atoms with Gasteiger partial charge in [0.1, 0.15) is 5.75 Å².